The van der Waals surface area contributed by atoms with E-state index in [4.69, 9.17) is 48.0 Å². The predicted octanol–water partition coefficient (Wildman–Crippen LogP) is 3.24. The number of hydrogen-bond donors (Lipinski definition) is 1. The number of carbonyl (C=O) groups is 4. The van der Waals surface area contributed by atoms with Crippen LogP contribution in [0.2, 0.25) is 0 Å². The molecule has 55 heavy (non-hydrogen) atoms. The number of nitrogens with one attached hydrogen (secondary N) is 1. The third-order valence-corrected chi connectivity index (χ3v) is 15.0. The highest BCUT2D eigenvalue weighted by molar-refractivity contribution is 5.75. The molecule has 2 saturated carbocycles. The molecule has 9 aliphatic heterocycles. The van der Waals surface area contributed by atoms with Gasteiger partial charge < -0.3 is 38.6 Å². The van der Waals surface area contributed by atoms with Crippen molar-refractivity contribution in [3.05, 3.63) is 0 Å². The summed E-state index contributed by atoms with van der Waals surface area (Å²) in [6, 6.07) is 0. The lowest BCUT2D eigenvalue weighted by Gasteiger charge is -2.59. The van der Waals surface area contributed by atoms with Gasteiger partial charge in [-0.1, -0.05) is 27.7 Å². The second-order valence-corrected chi connectivity index (χ2v) is 18.0. The summed E-state index contributed by atoms with van der Waals surface area (Å²) in [5, 5.41) is 2.91. The van der Waals surface area contributed by atoms with E-state index in [1.165, 1.54) is 0 Å². The first kappa shape index (κ1) is 37.8. The maximum absolute atomic E-state index is 13.6. The molecule has 9 heterocycles. The van der Waals surface area contributed by atoms with Gasteiger partial charge in [0.1, 0.15) is 12.2 Å². The molecule has 11 aliphatic rings. The van der Waals surface area contributed by atoms with Gasteiger partial charge in [0.05, 0.1) is 11.8 Å². The summed E-state index contributed by atoms with van der Waals surface area (Å²) < 4.78 is 36.1. The lowest BCUT2D eigenvalue weighted by Crippen LogP contribution is -2.71. The summed E-state index contributed by atoms with van der Waals surface area (Å²) in [6.07, 6.45) is -0.0448. The van der Waals surface area contributed by atoms with Crippen LogP contribution in [-0.2, 0) is 57.6 Å². The summed E-state index contributed by atoms with van der Waals surface area (Å²) in [5.74, 6) is -4.65. The van der Waals surface area contributed by atoms with Gasteiger partial charge in [0.25, 0.3) is 0 Å². The molecule has 11 rings (SSSR count). The topological polar surface area (TPSA) is 179 Å². The third kappa shape index (κ3) is 5.88. The van der Waals surface area contributed by atoms with Gasteiger partial charge in [-0.05, 0) is 51.4 Å². The van der Waals surface area contributed by atoms with Gasteiger partial charge >= 0.3 is 24.1 Å². The van der Waals surface area contributed by atoms with Crippen molar-refractivity contribution >= 4 is 24.1 Å². The quantitative estimate of drug-likeness (QED) is 0.244. The minimum Gasteiger partial charge on any atom is -0.446 e. The molecule has 2 aliphatic carbocycles. The average molecular weight is 778 g/mol. The van der Waals surface area contributed by atoms with E-state index < -0.39 is 65.5 Å². The SMILES string of the molecule is C[C@@H]1[C@@H](OC(=O)NCCN2CCN(C(=O)O[C@H]3C[C@H]4[C@@H](C)C(=O)O[C@@H]5O[C@@]6(C)CC[C@@H]([C@@H]3C)[C@]54OO6)CC2)C[C@H]2[C@@H](C)C(=O)O[C@@H]3O[C@@]4(C)CC[C@@H]1[C@]32OO4. The van der Waals surface area contributed by atoms with Crippen molar-refractivity contribution in [3.8, 4) is 0 Å². The fourth-order valence-corrected chi connectivity index (χ4v) is 11.6. The monoisotopic (exact) mass is 777 g/mol. The third-order valence-electron chi connectivity index (χ3n) is 15.0. The molecule has 0 unspecified atom stereocenters. The summed E-state index contributed by atoms with van der Waals surface area (Å²) in [5.41, 5.74) is -1.90. The van der Waals surface area contributed by atoms with Crippen LogP contribution < -0.4 is 5.32 Å². The number of piperazine rings is 1. The van der Waals surface area contributed by atoms with Crippen molar-refractivity contribution in [2.24, 2.45) is 47.3 Å². The molecule has 16 atom stereocenters. The predicted molar refractivity (Wildman–Crippen MR) is 183 cm³/mol. The number of hydrogen-bond acceptors (Lipinski definition) is 15. The lowest BCUT2D eigenvalue weighted by atomic mass is 9.57. The molecule has 17 heteroatoms. The Bertz CT molecular complexity index is 1580. The Labute approximate surface area is 320 Å². The first-order chi connectivity index (χ1) is 26.2. The second kappa shape index (κ2) is 13.4. The molecule has 306 valence electrons. The molecule has 0 aromatic rings. The largest absolute Gasteiger partial charge is 0.446 e. The summed E-state index contributed by atoms with van der Waals surface area (Å²) in [7, 11) is 0. The molecule has 2 spiro atoms. The van der Waals surface area contributed by atoms with E-state index in [-0.39, 0.29) is 53.5 Å². The van der Waals surface area contributed by atoms with Crippen molar-refractivity contribution in [3.63, 3.8) is 0 Å². The Morgan fingerprint density at radius 3 is 1.71 bits per heavy atom. The van der Waals surface area contributed by atoms with Gasteiger partial charge in [-0.3, -0.25) is 14.5 Å². The number of amides is 2. The van der Waals surface area contributed by atoms with Gasteiger partial charge in [-0.2, -0.15) is 0 Å². The molecule has 4 bridgehead atoms. The standard InChI is InChI=1S/C38H55N3O14/c1-19-23-7-9-35(5)50-31-37(23,54-52-35)25(21(3)29(42)48-31)17-27(19)46-33(44)39-11-12-40-13-15-41(16-14-40)34(45)47-28-18-26-22(4)30(43)49-32-38(26)24(20(28)2)8-10-36(6,51-32)53-55-38/h19-28,31-32H,7-18H2,1-6H3,(H,39,44)/t19-,20-,21+,22+,23-,24-,25-,26-,27-,28-,31+,32+,35+,36+,37+,38+/m0/s1. The van der Waals surface area contributed by atoms with Gasteiger partial charge in [0.15, 0.2) is 11.2 Å². The highest BCUT2D eigenvalue weighted by Gasteiger charge is 2.73. The van der Waals surface area contributed by atoms with E-state index in [0.29, 0.717) is 71.4 Å². The van der Waals surface area contributed by atoms with E-state index in [0.717, 1.165) is 6.42 Å². The molecular weight excluding hydrogens is 722 g/mol. The van der Waals surface area contributed by atoms with Crippen LogP contribution >= 0.6 is 0 Å². The summed E-state index contributed by atoms with van der Waals surface area (Å²) >= 11 is 0. The number of esters is 2. The van der Waals surface area contributed by atoms with Crippen molar-refractivity contribution in [1.29, 1.82) is 0 Å². The zero-order valence-corrected chi connectivity index (χ0v) is 32.5. The van der Waals surface area contributed by atoms with Crippen LogP contribution in [0, 0.1) is 47.3 Å². The number of ether oxygens (including phenoxy) is 6. The Morgan fingerprint density at radius 2 is 1.20 bits per heavy atom. The molecule has 9 saturated heterocycles. The van der Waals surface area contributed by atoms with E-state index in [1.807, 2.05) is 20.8 Å². The maximum atomic E-state index is 13.6. The fourth-order valence-electron chi connectivity index (χ4n) is 11.6. The Morgan fingerprint density at radius 1 is 0.709 bits per heavy atom. The van der Waals surface area contributed by atoms with Crippen LogP contribution in [0.5, 0.6) is 0 Å². The van der Waals surface area contributed by atoms with Crippen LogP contribution in [-0.4, -0.2) is 121 Å². The van der Waals surface area contributed by atoms with Crippen LogP contribution in [0.3, 0.4) is 0 Å². The van der Waals surface area contributed by atoms with E-state index >= 15 is 0 Å². The minimum atomic E-state index is -1.01. The molecular formula is C38H55N3O14. The first-order valence-electron chi connectivity index (χ1n) is 20.3. The van der Waals surface area contributed by atoms with Crippen LogP contribution in [0.25, 0.3) is 0 Å². The van der Waals surface area contributed by atoms with Crippen LogP contribution in [0.15, 0.2) is 0 Å². The molecule has 17 nitrogen and oxygen atoms in total. The van der Waals surface area contributed by atoms with E-state index in [1.54, 1.807) is 18.7 Å². The Balaban J connectivity index is 0.759. The smallest absolute Gasteiger partial charge is 0.410 e. The first-order valence-corrected chi connectivity index (χ1v) is 20.3. The number of carbonyl (C=O) groups excluding carboxylic acids is 4. The van der Waals surface area contributed by atoms with Crippen LogP contribution in [0.1, 0.15) is 80.1 Å². The lowest BCUT2D eigenvalue weighted by molar-refractivity contribution is -0.560. The number of alkyl carbamates (subject to hydrolysis) is 1. The summed E-state index contributed by atoms with van der Waals surface area (Å²) in [6.45, 7) is 14.5. The molecule has 0 radical (unpaired) electrons. The number of nitrogens with zero attached hydrogens (tertiary/aromatic N) is 2. The highest BCUT2D eigenvalue weighted by atomic mass is 17.3. The van der Waals surface area contributed by atoms with Gasteiger partial charge in [-0.15, -0.1) is 0 Å². The zero-order chi connectivity index (χ0) is 38.7. The molecule has 0 aromatic carbocycles. The molecule has 0 aromatic heterocycles. The minimum absolute atomic E-state index is 0.0780. The Hall–Kier alpha value is -2.80. The normalized spacial score (nSPS) is 50.0. The van der Waals surface area contributed by atoms with Crippen molar-refractivity contribution < 1.29 is 67.1 Å². The number of rotatable bonds is 5. The van der Waals surface area contributed by atoms with Crippen LogP contribution in [0.4, 0.5) is 9.59 Å². The van der Waals surface area contributed by atoms with Gasteiger partial charge in [0.2, 0.25) is 24.2 Å². The molecule has 11 fully saturated rings. The van der Waals surface area contributed by atoms with Gasteiger partial charge in [0, 0.05) is 75.8 Å². The van der Waals surface area contributed by atoms with E-state index in [9.17, 15) is 19.2 Å². The Kier molecular flexibility index (Phi) is 9.19. The van der Waals surface area contributed by atoms with Crippen molar-refractivity contribution in [1.82, 2.24) is 15.1 Å². The zero-order valence-electron chi connectivity index (χ0n) is 32.5. The molecule has 2 amide bonds. The maximum Gasteiger partial charge on any atom is 0.410 e. The fraction of sp³-hybridized carbons (Fsp3) is 0.895. The van der Waals surface area contributed by atoms with E-state index in [2.05, 4.69) is 17.1 Å². The average Bonchev–Trinajstić information content (AvgIpc) is 3.52. The summed E-state index contributed by atoms with van der Waals surface area (Å²) in [4.78, 5) is 80.2. The van der Waals surface area contributed by atoms with Gasteiger partial charge in [-0.25, -0.2) is 29.1 Å². The van der Waals surface area contributed by atoms with Crippen molar-refractivity contribution in [2.75, 3.05) is 39.3 Å². The second-order valence-electron chi connectivity index (χ2n) is 18.0. The highest BCUT2D eigenvalue weighted by Crippen LogP contribution is 2.62. The number of fused-ring (bicyclic) bond motifs is 4. The molecule has 1 N–H and O–H groups in total. The van der Waals surface area contributed by atoms with Crippen molar-refractivity contribution in [2.45, 2.75) is 128 Å².